The lowest BCUT2D eigenvalue weighted by molar-refractivity contribution is -0.154. The highest BCUT2D eigenvalue weighted by atomic mass is 32.2. The number of carbonyl (C=O) groups is 6. The fourth-order valence-corrected chi connectivity index (χ4v) is 18.9. The Labute approximate surface area is 801 Å². The van der Waals surface area contributed by atoms with Gasteiger partial charge in [-0.05, 0) is 176 Å². The third-order valence-corrected chi connectivity index (χ3v) is 27.5. The Hall–Kier alpha value is -11.9. The van der Waals surface area contributed by atoms with Gasteiger partial charge < -0.3 is 28.4 Å². The van der Waals surface area contributed by atoms with Gasteiger partial charge in [-0.15, -0.1) is 0 Å². The van der Waals surface area contributed by atoms with Gasteiger partial charge in [0.2, 0.25) is 0 Å². The van der Waals surface area contributed by atoms with Gasteiger partial charge in [0.15, 0.2) is 19.7 Å². The third-order valence-electron chi connectivity index (χ3n) is 23.7. The first-order valence-corrected chi connectivity index (χ1v) is 50.2. The Balaban J connectivity index is 0.000000183. The highest BCUT2D eigenvalue weighted by Gasteiger charge is 2.39. The van der Waals surface area contributed by atoms with Crippen molar-refractivity contribution in [3.63, 3.8) is 0 Å². The van der Waals surface area contributed by atoms with Crippen molar-refractivity contribution in [1.29, 1.82) is 0 Å². The number of ether oxygens (including phenoxy) is 6. The summed E-state index contributed by atoms with van der Waals surface area (Å²) in [5.41, 5.74) is 23.2. The van der Waals surface area contributed by atoms with Crippen LogP contribution in [0.5, 0.6) is 0 Å². The Morgan fingerprint density at radius 3 is 1.04 bits per heavy atom. The van der Waals surface area contributed by atoms with Crippen LogP contribution in [-0.4, -0.2) is 102 Å². The van der Waals surface area contributed by atoms with E-state index in [0.717, 1.165) is 16.7 Å². The van der Waals surface area contributed by atoms with Gasteiger partial charge in [-0.2, -0.15) is 0 Å². The minimum absolute atomic E-state index is 0.0558. The van der Waals surface area contributed by atoms with Crippen molar-refractivity contribution in [1.82, 2.24) is 0 Å². The molecule has 135 heavy (non-hydrogen) atoms. The minimum atomic E-state index is -3.42. The number of esters is 6. The van der Waals surface area contributed by atoms with Crippen molar-refractivity contribution in [3.8, 4) is 33.4 Å². The molecule has 16 nitrogen and oxygen atoms in total. The summed E-state index contributed by atoms with van der Waals surface area (Å²) in [5, 5.41) is 0. The molecule has 0 radical (unpaired) electrons. The van der Waals surface area contributed by atoms with E-state index >= 15 is 0 Å². The topological polar surface area (TPSA) is 226 Å². The van der Waals surface area contributed by atoms with Crippen molar-refractivity contribution >= 4 is 55.5 Å². The lowest BCUT2D eigenvalue weighted by atomic mass is 9.83. The SMILES string of the molecule is CC(C)C(=O)OC(C)C1c2ccccc2-c2ccccc21.CC(C)C(=O)OC(Cc1ccccc1)C1c2ccccc2-c2ccccc21.CC(C)C(=O)OCC1c2cc(C(C)(C)C)ccc2-c2ccc(C(C)(C)C)cc21.CC(CS(=O)(=O)c1ccccc1)OC(=O)C(C)C.Cc1ccc(C(COC(=O)C(C)C)c2ccc(F)cc2)cc1.Cc1ccc(S(=O)(=O)CC(C)OC(=O)C(C)C)cc1. The second-order valence-electron chi connectivity index (χ2n) is 39.2. The standard InChI is InChI=1S/C26H34O2.C25H24O2.C19H21FO2.C19H20O2.C14H20O4S.C13H18O4S/c1-16(2)24(27)28-15-23-21-13-17(25(3,4)5)9-11-19(21)20-12-10-18(14-22(20)23)26(6,7)8;1-17(2)25(26)27-23(16-18-10-4-3-5-11-18)24-21-14-8-6-12-19(21)20-13-7-9-15-22(20)24;1-13(2)19(21)22-12-18(15-6-4-14(3)5-7-15)16-8-10-17(20)11-9-16;1-12(2)19(20)21-13(3)18-16-10-6-4-8-14(16)15-9-5-7-11-17(15)18;1-10(2)14(15)18-12(4)9-19(16,17)13-7-5-11(3)6-8-13;1-10(2)13(14)17-11(3)9-18(15,16)12-7-5-4-6-8-12/h9-14,16,23H,15H2,1-8H3;3-15,17,23-24H,16H2,1-2H3;4-11,13,18H,12H2,1-3H3;4-13,18H,1-3H3;5-8,10,12H,9H2,1-4H3;4-8,10-11H,9H2,1-3H3. The van der Waals surface area contributed by atoms with Crippen LogP contribution >= 0.6 is 0 Å². The first-order valence-electron chi connectivity index (χ1n) is 46.9. The monoisotopic (exact) mass is 1870 g/mol. The molecule has 0 amide bonds. The Morgan fingerprint density at radius 1 is 0.333 bits per heavy atom. The van der Waals surface area contributed by atoms with Gasteiger partial charge in [0.05, 0.1) is 56.8 Å². The van der Waals surface area contributed by atoms with Crippen LogP contribution in [0.15, 0.2) is 277 Å². The van der Waals surface area contributed by atoms with Crippen molar-refractivity contribution in [2.45, 2.75) is 234 Å². The smallest absolute Gasteiger partial charge is 0.308 e. The van der Waals surface area contributed by atoms with Crippen LogP contribution in [0.25, 0.3) is 33.4 Å². The molecular formula is C116H137FO16S2. The molecule has 11 aromatic carbocycles. The normalized spacial score (nSPS) is 13.6. The minimum Gasteiger partial charge on any atom is -0.464 e. The van der Waals surface area contributed by atoms with E-state index in [4.69, 9.17) is 28.4 Å². The molecule has 3 aliphatic rings. The molecule has 11 aromatic rings. The zero-order chi connectivity index (χ0) is 99.1. The maximum atomic E-state index is 13.1. The number of carbonyl (C=O) groups excluding carboxylic acids is 6. The highest BCUT2D eigenvalue weighted by molar-refractivity contribution is 7.91. The van der Waals surface area contributed by atoms with Crippen molar-refractivity contribution in [2.75, 3.05) is 24.7 Å². The van der Waals surface area contributed by atoms with E-state index in [1.165, 1.54) is 113 Å². The summed E-state index contributed by atoms with van der Waals surface area (Å²) in [4.78, 5) is 71.6. The van der Waals surface area contributed by atoms with Gasteiger partial charge in [-0.1, -0.05) is 366 Å². The first-order chi connectivity index (χ1) is 63.6. The summed E-state index contributed by atoms with van der Waals surface area (Å²) in [6.45, 7) is 44.9. The van der Waals surface area contributed by atoms with E-state index in [-0.39, 0.29) is 152 Å². The van der Waals surface area contributed by atoms with Gasteiger partial charge in [0.25, 0.3) is 0 Å². The molecule has 3 aliphatic carbocycles. The first kappa shape index (κ1) is 107. The maximum absolute atomic E-state index is 13.1. The van der Waals surface area contributed by atoms with Crippen LogP contribution in [0, 0.1) is 55.2 Å². The molecule has 0 N–H and O–H groups in total. The summed E-state index contributed by atoms with van der Waals surface area (Å²) in [6, 6.07) is 86.8. The van der Waals surface area contributed by atoms with E-state index in [0.29, 0.717) is 13.0 Å². The second-order valence-corrected chi connectivity index (χ2v) is 43.2. The van der Waals surface area contributed by atoms with Gasteiger partial charge in [0.1, 0.15) is 43.4 Å². The fourth-order valence-electron chi connectivity index (χ4n) is 16.0. The predicted octanol–water partition coefficient (Wildman–Crippen LogP) is 25.5. The number of hydrogen-bond donors (Lipinski definition) is 0. The Bertz CT molecular complexity index is 5850. The molecule has 0 fully saturated rings. The molecule has 5 unspecified atom stereocenters. The highest BCUT2D eigenvalue weighted by Crippen LogP contribution is 2.51. The number of hydrogen-bond acceptors (Lipinski definition) is 16. The molecule has 14 rings (SSSR count). The lowest BCUT2D eigenvalue weighted by Gasteiger charge is -2.27. The summed E-state index contributed by atoms with van der Waals surface area (Å²) in [6.07, 6.45) is -0.991. The molecule has 0 heterocycles. The number of aryl methyl sites for hydroxylation is 2. The Kier molecular flexibility index (Phi) is 38.0. The summed E-state index contributed by atoms with van der Waals surface area (Å²) in [5.74, 6) is -2.91. The zero-order valence-electron chi connectivity index (χ0n) is 82.7. The lowest BCUT2D eigenvalue weighted by Crippen LogP contribution is -2.29. The summed E-state index contributed by atoms with van der Waals surface area (Å²) in [7, 11) is -6.83. The second kappa shape index (κ2) is 48.0. The van der Waals surface area contributed by atoms with Crippen LogP contribution in [0.3, 0.4) is 0 Å². The van der Waals surface area contributed by atoms with Gasteiger partial charge in [0, 0.05) is 30.1 Å². The molecule has 0 saturated heterocycles. The van der Waals surface area contributed by atoms with Crippen LogP contribution in [0.4, 0.5) is 4.39 Å². The number of benzene rings is 11. The number of sulfone groups is 2. The zero-order valence-corrected chi connectivity index (χ0v) is 84.4. The number of rotatable bonds is 26. The molecule has 19 heteroatoms. The van der Waals surface area contributed by atoms with Crippen molar-refractivity contribution in [2.24, 2.45) is 35.5 Å². The van der Waals surface area contributed by atoms with Crippen LogP contribution in [0.1, 0.15) is 241 Å². The molecule has 0 aliphatic heterocycles. The molecule has 0 aromatic heterocycles. The van der Waals surface area contributed by atoms with E-state index in [9.17, 15) is 50.0 Å². The van der Waals surface area contributed by atoms with E-state index in [1.54, 1.807) is 110 Å². The maximum Gasteiger partial charge on any atom is 0.308 e. The number of halogens is 1. The predicted molar refractivity (Wildman–Crippen MR) is 537 cm³/mol. The van der Waals surface area contributed by atoms with Crippen molar-refractivity contribution in [3.05, 3.63) is 345 Å². The van der Waals surface area contributed by atoms with E-state index in [2.05, 4.69) is 187 Å². The van der Waals surface area contributed by atoms with Gasteiger partial charge >= 0.3 is 35.8 Å². The fraction of sp³-hybridized carbons (Fsp3) is 0.379. The van der Waals surface area contributed by atoms with Gasteiger partial charge in [-0.25, -0.2) is 21.2 Å². The van der Waals surface area contributed by atoms with Crippen molar-refractivity contribution < 1.29 is 78.4 Å². The number of fused-ring (bicyclic) bond motifs is 9. The van der Waals surface area contributed by atoms with Crippen LogP contribution in [-0.2, 0) is 94.1 Å². The average molecular weight is 1870 g/mol. The molecule has 0 saturated carbocycles. The third kappa shape index (κ3) is 29.5. The Morgan fingerprint density at radius 2 is 0.652 bits per heavy atom. The van der Waals surface area contributed by atoms with Crippen LogP contribution in [0.2, 0.25) is 0 Å². The quantitative estimate of drug-likeness (QED) is 0.0363. The summed E-state index contributed by atoms with van der Waals surface area (Å²) < 4.78 is 94.4. The molecule has 5 atom stereocenters. The molecule has 0 bridgehead atoms. The summed E-state index contributed by atoms with van der Waals surface area (Å²) >= 11 is 0. The van der Waals surface area contributed by atoms with Crippen LogP contribution < -0.4 is 0 Å². The van der Waals surface area contributed by atoms with E-state index < -0.39 is 31.9 Å². The van der Waals surface area contributed by atoms with E-state index in [1.807, 2.05) is 105 Å². The largest absolute Gasteiger partial charge is 0.464 e. The van der Waals surface area contributed by atoms with Gasteiger partial charge in [-0.3, -0.25) is 28.8 Å². The molecular weight excluding hydrogens is 1730 g/mol. The average Bonchev–Trinajstić information content (AvgIpc) is 1.60. The molecule has 0 spiro atoms. The molecule has 716 valence electrons.